The van der Waals surface area contributed by atoms with E-state index in [1.165, 1.54) is 19.3 Å². The minimum atomic E-state index is 0.149. The molecule has 16 heavy (non-hydrogen) atoms. The molecule has 0 bridgehead atoms. The van der Waals surface area contributed by atoms with Crippen LogP contribution in [-0.4, -0.2) is 11.7 Å². The van der Waals surface area contributed by atoms with Crippen LogP contribution >= 0.6 is 11.6 Å². The largest absolute Gasteiger partial charge is 0.506 e. The van der Waals surface area contributed by atoms with Crippen molar-refractivity contribution in [1.82, 2.24) is 5.32 Å². The molecule has 0 aromatic heterocycles. The van der Waals surface area contributed by atoms with Crippen LogP contribution in [-0.2, 0) is 6.54 Å². The third kappa shape index (κ3) is 2.69. The molecule has 88 valence electrons. The Morgan fingerprint density at radius 1 is 1.44 bits per heavy atom. The summed E-state index contributed by atoms with van der Waals surface area (Å²) in [6, 6.07) is 5.36. The van der Waals surface area contributed by atoms with Crippen LogP contribution < -0.4 is 5.32 Å². The molecule has 0 aliphatic heterocycles. The Labute approximate surface area is 102 Å². The maximum Gasteiger partial charge on any atom is 0.134 e. The van der Waals surface area contributed by atoms with Crippen molar-refractivity contribution in [1.29, 1.82) is 0 Å². The highest BCUT2D eigenvalue weighted by atomic mass is 35.5. The van der Waals surface area contributed by atoms with E-state index in [0.717, 1.165) is 18.7 Å². The molecule has 1 aromatic carbocycles. The number of hydrogen-bond acceptors (Lipinski definition) is 2. The van der Waals surface area contributed by atoms with Gasteiger partial charge in [0.15, 0.2) is 0 Å². The van der Waals surface area contributed by atoms with Crippen molar-refractivity contribution in [2.45, 2.75) is 32.7 Å². The van der Waals surface area contributed by atoms with Crippen molar-refractivity contribution in [3.63, 3.8) is 0 Å². The highest BCUT2D eigenvalue weighted by Crippen LogP contribution is 2.39. The highest BCUT2D eigenvalue weighted by molar-refractivity contribution is 6.32. The summed E-state index contributed by atoms with van der Waals surface area (Å²) in [7, 11) is 0. The maximum absolute atomic E-state index is 9.29. The van der Waals surface area contributed by atoms with Gasteiger partial charge in [-0.1, -0.05) is 31.0 Å². The molecule has 2 rings (SSSR count). The second-order valence-electron chi connectivity index (χ2n) is 5.05. The molecule has 1 aliphatic carbocycles. The molecular formula is C13H18ClNO. The molecule has 0 unspecified atom stereocenters. The molecule has 0 amide bonds. The average molecular weight is 240 g/mol. The predicted molar refractivity (Wildman–Crippen MR) is 66.8 cm³/mol. The van der Waals surface area contributed by atoms with Crippen LogP contribution in [0.3, 0.4) is 0 Å². The third-order valence-corrected chi connectivity index (χ3v) is 3.76. The first kappa shape index (κ1) is 11.7. The normalized spacial score (nSPS) is 18.1. The summed E-state index contributed by atoms with van der Waals surface area (Å²) in [4.78, 5) is 0. The van der Waals surface area contributed by atoms with Crippen LogP contribution in [0.25, 0.3) is 0 Å². The van der Waals surface area contributed by atoms with Gasteiger partial charge in [0.05, 0.1) is 5.02 Å². The monoisotopic (exact) mass is 239 g/mol. The molecular weight excluding hydrogens is 222 g/mol. The van der Waals surface area contributed by atoms with Gasteiger partial charge in [-0.15, -0.1) is 0 Å². The molecule has 0 spiro atoms. The molecule has 1 aliphatic rings. The average Bonchev–Trinajstić information content (AvgIpc) is 2.21. The fourth-order valence-electron chi connectivity index (χ4n) is 2.13. The quantitative estimate of drug-likeness (QED) is 0.845. The molecule has 0 radical (unpaired) electrons. The van der Waals surface area contributed by atoms with E-state index in [-0.39, 0.29) is 5.75 Å². The van der Waals surface area contributed by atoms with E-state index in [1.54, 1.807) is 6.07 Å². The van der Waals surface area contributed by atoms with Gasteiger partial charge in [-0.3, -0.25) is 0 Å². The van der Waals surface area contributed by atoms with E-state index in [0.29, 0.717) is 10.4 Å². The highest BCUT2D eigenvalue weighted by Gasteiger charge is 2.30. The van der Waals surface area contributed by atoms with Gasteiger partial charge in [0.2, 0.25) is 0 Å². The molecule has 1 aromatic rings. The van der Waals surface area contributed by atoms with Crippen LogP contribution in [0, 0.1) is 5.41 Å². The summed E-state index contributed by atoms with van der Waals surface area (Å²) in [5, 5.41) is 13.2. The SMILES string of the molecule is CC1(CNCc2ccc(O)c(Cl)c2)CCC1. The summed E-state index contributed by atoms with van der Waals surface area (Å²) >= 11 is 5.84. The van der Waals surface area contributed by atoms with E-state index in [1.807, 2.05) is 12.1 Å². The molecule has 0 heterocycles. The Morgan fingerprint density at radius 3 is 2.75 bits per heavy atom. The number of phenols is 1. The fourth-order valence-corrected chi connectivity index (χ4v) is 2.33. The Kier molecular flexibility index (Phi) is 3.41. The Morgan fingerprint density at radius 2 is 2.19 bits per heavy atom. The lowest BCUT2D eigenvalue weighted by Gasteiger charge is -2.38. The Bertz CT molecular complexity index is 374. The lowest BCUT2D eigenvalue weighted by molar-refractivity contribution is 0.156. The molecule has 3 heteroatoms. The zero-order valence-electron chi connectivity index (χ0n) is 9.59. The summed E-state index contributed by atoms with van der Waals surface area (Å²) in [6.07, 6.45) is 4.02. The molecule has 1 fully saturated rings. The first-order valence-electron chi connectivity index (χ1n) is 5.77. The second-order valence-corrected chi connectivity index (χ2v) is 5.46. The van der Waals surface area contributed by atoms with E-state index < -0.39 is 0 Å². The zero-order valence-corrected chi connectivity index (χ0v) is 10.3. The molecule has 2 nitrogen and oxygen atoms in total. The van der Waals surface area contributed by atoms with Crippen molar-refractivity contribution >= 4 is 11.6 Å². The van der Waals surface area contributed by atoms with E-state index in [2.05, 4.69) is 12.2 Å². The maximum atomic E-state index is 9.29. The number of halogens is 1. The lowest BCUT2D eigenvalue weighted by Crippen LogP contribution is -2.36. The predicted octanol–water partition coefficient (Wildman–Crippen LogP) is 3.33. The van der Waals surface area contributed by atoms with Crippen molar-refractivity contribution in [2.75, 3.05) is 6.54 Å². The summed E-state index contributed by atoms with van der Waals surface area (Å²) in [5.41, 5.74) is 1.62. The summed E-state index contributed by atoms with van der Waals surface area (Å²) in [5.74, 6) is 0.149. The van der Waals surface area contributed by atoms with Crippen molar-refractivity contribution in [2.24, 2.45) is 5.41 Å². The van der Waals surface area contributed by atoms with Crippen LogP contribution in [0.15, 0.2) is 18.2 Å². The topological polar surface area (TPSA) is 32.3 Å². The van der Waals surface area contributed by atoms with Gasteiger partial charge in [0.1, 0.15) is 5.75 Å². The number of benzene rings is 1. The lowest BCUT2D eigenvalue weighted by atomic mass is 9.70. The van der Waals surface area contributed by atoms with Gasteiger partial charge in [-0.2, -0.15) is 0 Å². The van der Waals surface area contributed by atoms with E-state index >= 15 is 0 Å². The van der Waals surface area contributed by atoms with E-state index in [4.69, 9.17) is 11.6 Å². The van der Waals surface area contributed by atoms with Crippen molar-refractivity contribution in [3.8, 4) is 5.75 Å². The van der Waals surface area contributed by atoms with Crippen LogP contribution in [0.5, 0.6) is 5.75 Å². The number of hydrogen-bond donors (Lipinski definition) is 2. The van der Waals surface area contributed by atoms with E-state index in [9.17, 15) is 5.11 Å². The van der Waals surface area contributed by atoms with Crippen molar-refractivity contribution < 1.29 is 5.11 Å². The molecule has 1 saturated carbocycles. The van der Waals surface area contributed by atoms with Gasteiger partial charge >= 0.3 is 0 Å². The minimum Gasteiger partial charge on any atom is -0.506 e. The van der Waals surface area contributed by atoms with Gasteiger partial charge in [-0.25, -0.2) is 0 Å². The number of rotatable bonds is 4. The zero-order chi connectivity index (χ0) is 11.6. The van der Waals surface area contributed by atoms with Gasteiger partial charge in [0, 0.05) is 13.1 Å². The fraction of sp³-hybridized carbons (Fsp3) is 0.538. The molecule has 0 atom stereocenters. The van der Waals surface area contributed by atoms with Crippen molar-refractivity contribution in [3.05, 3.63) is 28.8 Å². The molecule has 2 N–H and O–H groups in total. The number of aromatic hydroxyl groups is 1. The van der Waals surface area contributed by atoms with Crippen LogP contribution in [0.4, 0.5) is 0 Å². The summed E-state index contributed by atoms with van der Waals surface area (Å²) < 4.78 is 0. The van der Waals surface area contributed by atoms with Gasteiger partial charge in [0.25, 0.3) is 0 Å². The smallest absolute Gasteiger partial charge is 0.134 e. The second kappa shape index (κ2) is 4.64. The van der Waals surface area contributed by atoms with Gasteiger partial charge < -0.3 is 10.4 Å². The molecule has 0 saturated heterocycles. The summed E-state index contributed by atoms with van der Waals surface area (Å²) in [6.45, 7) is 4.20. The first-order valence-corrected chi connectivity index (χ1v) is 6.15. The Hall–Kier alpha value is -0.730. The number of nitrogens with one attached hydrogen (secondary N) is 1. The number of phenolic OH excluding ortho intramolecular Hbond substituents is 1. The van der Waals surface area contributed by atoms with Crippen LogP contribution in [0.2, 0.25) is 5.02 Å². The van der Waals surface area contributed by atoms with Crippen LogP contribution in [0.1, 0.15) is 31.7 Å². The third-order valence-electron chi connectivity index (χ3n) is 3.45. The first-order chi connectivity index (χ1) is 7.59. The standard InChI is InChI=1S/C13H18ClNO/c1-13(5-2-6-13)9-15-8-10-3-4-12(16)11(14)7-10/h3-4,7,15-16H,2,5-6,8-9H2,1H3. The van der Waals surface area contributed by atoms with Gasteiger partial charge in [-0.05, 0) is 36.0 Å². The Balaban J connectivity index is 1.83. The minimum absolute atomic E-state index is 0.149.